The number of amides is 2. The van der Waals surface area contributed by atoms with Crippen LogP contribution in [0.2, 0.25) is 0 Å². The molecule has 226 valence electrons. The van der Waals surface area contributed by atoms with E-state index >= 15 is 0 Å². The molecule has 0 bridgehead atoms. The van der Waals surface area contributed by atoms with Gasteiger partial charge in [-0.05, 0) is 54.5 Å². The molecule has 1 heterocycles. The average Bonchev–Trinajstić information content (AvgIpc) is 3.03. The normalized spacial score (nSPS) is 20.5. The molecule has 4 rings (SSSR count). The first-order valence-electron chi connectivity index (χ1n) is 14.8. The number of benzene rings is 3. The van der Waals surface area contributed by atoms with Gasteiger partial charge in [-0.15, -0.1) is 0 Å². The van der Waals surface area contributed by atoms with E-state index in [1.54, 1.807) is 17.0 Å². The molecule has 7 nitrogen and oxygen atoms in total. The van der Waals surface area contributed by atoms with Gasteiger partial charge < -0.3 is 20.1 Å². The average molecular weight is 587 g/mol. The molecule has 43 heavy (non-hydrogen) atoms. The Hall–Kier alpha value is -4.30. The van der Waals surface area contributed by atoms with Gasteiger partial charge in [-0.2, -0.15) is 0 Å². The van der Waals surface area contributed by atoms with Crippen LogP contribution in [0, 0.1) is 17.7 Å². The van der Waals surface area contributed by atoms with Crippen molar-refractivity contribution in [1.82, 2.24) is 10.2 Å². The first-order valence-corrected chi connectivity index (χ1v) is 14.8. The Balaban J connectivity index is 1.53. The summed E-state index contributed by atoms with van der Waals surface area (Å²) in [5.41, 5.74) is 2.55. The highest BCUT2D eigenvalue weighted by molar-refractivity contribution is 5.86. The highest BCUT2D eigenvalue weighted by Gasteiger charge is 2.28. The second kappa shape index (κ2) is 16.4. The topological polar surface area (TPSA) is 95.9 Å². The van der Waals surface area contributed by atoms with E-state index in [1.807, 2.05) is 72.8 Å². The van der Waals surface area contributed by atoms with E-state index < -0.39 is 17.9 Å². The summed E-state index contributed by atoms with van der Waals surface area (Å²) in [5, 5.41) is 12.7. The second-order valence-corrected chi connectivity index (χ2v) is 10.8. The number of esters is 1. The number of cyclic esters (lactones) is 1. The van der Waals surface area contributed by atoms with Crippen molar-refractivity contribution in [3.63, 3.8) is 0 Å². The summed E-state index contributed by atoms with van der Waals surface area (Å²) in [5.74, 6) is -2.34. The molecule has 0 aliphatic carbocycles. The van der Waals surface area contributed by atoms with Gasteiger partial charge in [-0.1, -0.05) is 84.9 Å². The number of aliphatic hydroxyl groups excluding tert-OH is 1. The maximum Gasteiger partial charge on any atom is 0.309 e. The predicted molar refractivity (Wildman–Crippen MR) is 162 cm³/mol. The summed E-state index contributed by atoms with van der Waals surface area (Å²) in [6.07, 6.45) is 5.64. The maximum absolute atomic E-state index is 13.7. The van der Waals surface area contributed by atoms with E-state index in [2.05, 4.69) is 5.32 Å². The summed E-state index contributed by atoms with van der Waals surface area (Å²) in [6, 6.07) is 24.3. The minimum atomic E-state index is -0.654. The number of aliphatic hydroxyl groups is 1. The van der Waals surface area contributed by atoms with Gasteiger partial charge in [0.25, 0.3) is 0 Å². The van der Waals surface area contributed by atoms with Crippen molar-refractivity contribution in [2.24, 2.45) is 11.8 Å². The van der Waals surface area contributed by atoms with Crippen molar-refractivity contribution in [3.05, 3.63) is 120 Å². The monoisotopic (exact) mass is 586 g/mol. The number of nitrogens with one attached hydrogen (secondary N) is 1. The minimum absolute atomic E-state index is 0.0303. The number of nitrogens with zero attached hydrogens (tertiary/aromatic N) is 1. The molecule has 2 amide bonds. The van der Waals surface area contributed by atoms with Crippen molar-refractivity contribution < 1.29 is 28.6 Å². The molecule has 0 saturated heterocycles. The highest BCUT2D eigenvalue weighted by atomic mass is 19.1. The fraction of sp³-hybridized carbons (Fsp3) is 0.343. The number of ether oxygens (including phenoxy) is 1. The zero-order valence-corrected chi connectivity index (χ0v) is 24.2. The third kappa shape index (κ3) is 9.89. The standard InChI is InChI=1S/C35H39FN2O5/c36-31-18-16-26(17-19-31)22-30-15-9-3-8-14-29(23-33(40)38(20-21-39)24-27-10-4-1-5-11-27)34(41)37-32(25-43-35(30)42)28-12-6-2-7-13-28/h1-8,10-13,16-19,29-30,32,39H,9,14-15,20-25H2,(H,37,41)/b8-3+/t29-,30-,32-/m1/s1. The van der Waals surface area contributed by atoms with Crippen molar-refractivity contribution in [1.29, 1.82) is 0 Å². The van der Waals surface area contributed by atoms with Crippen molar-refractivity contribution in [2.75, 3.05) is 19.8 Å². The number of carbonyl (C=O) groups excluding carboxylic acids is 3. The van der Waals surface area contributed by atoms with Gasteiger partial charge in [0.15, 0.2) is 0 Å². The lowest BCUT2D eigenvalue weighted by atomic mass is 9.94. The summed E-state index contributed by atoms with van der Waals surface area (Å²) in [7, 11) is 0. The lowest BCUT2D eigenvalue weighted by molar-refractivity contribution is -0.150. The smallest absolute Gasteiger partial charge is 0.309 e. The molecule has 0 radical (unpaired) electrons. The molecular formula is C35H39FN2O5. The van der Waals surface area contributed by atoms with Crippen LogP contribution in [0.1, 0.15) is 48.4 Å². The van der Waals surface area contributed by atoms with Crippen molar-refractivity contribution in [3.8, 4) is 0 Å². The first-order chi connectivity index (χ1) is 20.9. The zero-order chi connectivity index (χ0) is 30.4. The molecule has 1 aliphatic rings. The largest absolute Gasteiger partial charge is 0.463 e. The Morgan fingerprint density at radius 1 is 0.907 bits per heavy atom. The van der Waals surface area contributed by atoms with Crippen LogP contribution in [0.5, 0.6) is 0 Å². The van der Waals surface area contributed by atoms with Crippen LogP contribution < -0.4 is 5.32 Å². The zero-order valence-electron chi connectivity index (χ0n) is 24.2. The number of rotatable bonds is 9. The van der Waals surface area contributed by atoms with E-state index in [4.69, 9.17) is 4.74 Å². The van der Waals surface area contributed by atoms with Gasteiger partial charge in [-0.3, -0.25) is 14.4 Å². The van der Waals surface area contributed by atoms with Gasteiger partial charge in [0.2, 0.25) is 11.8 Å². The van der Waals surface area contributed by atoms with Crippen LogP contribution in [-0.4, -0.2) is 47.5 Å². The molecule has 0 unspecified atom stereocenters. The van der Waals surface area contributed by atoms with Crippen LogP contribution in [-0.2, 0) is 32.1 Å². The Labute approximate surface area is 252 Å². The predicted octanol–water partition coefficient (Wildman–Crippen LogP) is 5.15. The molecule has 2 N–H and O–H groups in total. The van der Waals surface area contributed by atoms with E-state index in [0.717, 1.165) is 16.7 Å². The van der Waals surface area contributed by atoms with Crippen LogP contribution in [0.15, 0.2) is 97.1 Å². The Kier molecular flexibility index (Phi) is 12.0. The quantitative estimate of drug-likeness (QED) is 0.267. The SMILES string of the molecule is O=C1N[C@@H](c2ccccc2)COC(=O)[C@@H](Cc2ccc(F)cc2)CC/C=C/C[C@@H]1CC(=O)N(CCO)Cc1ccccc1. The Morgan fingerprint density at radius 2 is 1.60 bits per heavy atom. The summed E-state index contributed by atoms with van der Waals surface area (Å²) < 4.78 is 19.2. The Bertz CT molecular complexity index is 1350. The van der Waals surface area contributed by atoms with E-state index in [0.29, 0.717) is 32.2 Å². The van der Waals surface area contributed by atoms with Gasteiger partial charge in [0.05, 0.1) is 24.5 Å². The Morgan fingerprint density at radius 3 is 2.30 bits per heavy atom. The lowest BCUT2D eigenvalue weighted by Crippen LogP contribution is -2.40. The number of carbonyl (C=O) groups is 3. The van der Waals surface area contributed by atoms with Crippen LogP contribution in [0.25, 0.3) is 0 Å². The van der Waals surface area contributed by atoms with E-state index in [1.165, 1.54) is 12.1 Å². The van der Waals surface area contributed by atoms with E-state index in [9.17, 15) is 23.9 Å². The summed E-state index contributed by atoms with van der Waals surface area (Å²) >= 11 is 0. The number of hydrogen-bond donors (Lipinski definition) is 2. The highest BCUT2D eigenvalue weighted by Crippen LogP contribution is 2.23. The molecule has 0 saturated carbocycles. The molecule has 3 aromatic carbocycles. The van der Waals surface area contributed by atoms with Gasteiger partial charge in [0.1, 0.15) is 12.4 Å². The van der Waals surface area contributed by atoms with Gasteiger partial charge in [0, 0.05) is 19.5 Å². The van der Waals surface area contributed by atoms with Crippen molar-refractivity contribution >= 4 is 17.8 Å². The first kappa shape index (κ1) is 31.6. The molecule has 3 aromatic rings. The van der Waals surface area contributed by atoms with Crippen LogP contribution >= 0.6 is 0 Å². The molecule has 0 aromatic heterocycles. The third-order valence-corrected chi connectivity index (χ3v) is 7.64. The number of hydrogen-bond acceptors (Lipinski definition) is 5. The van der Waals surface area contributed by atoms with Gasteiger partial charge in [-0.25, -0.2) is 4.39 Å². The second-order valence-electron chi connectivity index (χ2n) is 10.8. The number of allylic oxidation sites excluding steroid dienone is 2. The molecule has 0 fully saturated rings. The molecule has 1 aliphatic heterocycles. The summed E-state index contributed by atoms with van der Waals surface area (Å²) in [4.78, 5) is 41.9. The fourth-order valence-electron chi connectivity index (χ4n) is 5.20. The number of halogens is 1. The summed E-state index contributed by atoms with van der Waals surface area (Å²) in [6.45, 7) is 0.251. The minimum Gasteiger partial charge on any atom is -0.463 e. The molecular weight excluding hydrogens is 547 g/mol. The maximum atomic E-state index is 13.7. The third-order valence-electron chi connectivity index (χ3n) is 7.64. The lowest BCUT2D eigenvalue weighted by Gasteiger charge is -2.26. The molecule has 8 heteroatoms. The van der Waals surface area contributed by atoms with Gasteiger partial charge >= 0.3 is 5.97 Å². The fourth-order valence-corrected chi connectivity index (χ4v) is 5.20. The molecule has 0 spiro atoms. The molecule has 3 atom stereocenters. The van der Waals surface area contributed by atoms with E-state index in [-0.39, 0.29) is 49.8 Å². The van der Waals surface area contributed by atoms with Crippen LogP contribution in [0.4, 0.5) is 4.39 Å². The van der Waals surface area contributed by atoms with Crippen molar-refractivity contribution in [2.45, 2.75) is 44.7 Å². The van der Waals surface area contributed by atoms with Crippen LogP contribution in [0.3, 0.4) is 0 Å².